The van der Waals surface area contributed by atoms with E-state index in [1.54, 1.807) is 32.4 Å². The molecule has 0 aromatic heterocycles. The number of nitrogens with one attached hydrogen (secondary N) is 1. The van der Waals surface area contributed by atoms with Crippen molar-refractivity contribution in [1.82, 2.24) is 10.2 Å². The van der Waals surface area contributed by atoms with Crippen LogP contribution in [0.15, 0.2) is 42.0 Å². The first-order valence-corrected chi connectivity index (χ1v) is 11.9. The first-order valence-electron chi connectivity index (χ1n) is 11.9. The second-order valence-corrected chi connectivity index (χ2v) is 8.69. The molecule has 184 valence electrons. The Bertz CT molecular complexity index is 1170. The normalized spacial score (nSPS) is 16.5. The Kier molecular flexibility index (Phi) is 7.39. The van der Waals surface area contributed by atoms with E-state index in [0.29, 0.717) is 17.9 Å². The largest absolute Gasteiger partial charge is 0.493 e. The summed E-state index contributed by atoms with van der Waals surface area (Å²) >= 11 is 0. The second-order valence-electron chi connectivity index (χ2n) is 8.69. The van der Waals surface area contributed by atoms with Crippen LogP contribution in [0.2, 0.25) is 0 Å². The fourth-order valence-corrected chi connectivity index (χ4v) is 4.50. The number of nitrogens with zero attached hydrogens (tertiary/aromatic N) is 2. The van der Waals surface area contributed by atoms with Gasteiger partial charge < -0.3 is 14.4 Å². The molecule has 4 rings (SSSR count). The van der Waals surface area contributed by atoms with Crippen molar-refractivity contribution in [1.29, 1.82) is 0 Å². The van der Waals surface area contributed by atoms with Gasteiger partial charge in [-0.1, -0.05) is 25.5 Å². The molecule has 35 heavy (non-hydrogen) atoms. The number of rotatable bonds is 9. The van der Waals surface area contributed by atoms with Gasteiger partial charge in [0.1, 0.15) is 5.57 Å². The number of barbiturate groups is 1. The van der Waals surface area contributed by atoms with Gasteiger partial charge in [0.2, 0.25) is 0 Å². The third-order valence-electron chi connectivity index (χ3n) is 6.45. The van der Waals surface area contributed by atoms with E-state index in [0.717, 1.165) is 48.4 Å². The molecule has 2 aliphatic heterocycles. The summed E-state index contributed by atoms with van der Waals surface area (Å²) in [6.45, 7) is 4.32. The molecule has 0 spiro atoms. The molecule has 0 saturated carbocycles. The van der Waals surface area contributed by atoms with Crippen LogP contribution in [-0.2, 0) is 22.4 Å². The summed E-state index contributed by atoms with van der Waals surface area (Å²) in [6.07, 6.45) is 5.21. The van der Waals surface area contributed by atoms with Crippen LogP contribution in [0.25, 0.3) is 6.08 Å². The first kappa shape index (κ1) is 24.3. The minimum atomic E-state index is -0.710. The second kappa shape index (κ2) is 10.6. The molecule has 8 heteroatoms. The molecule has 1 saturated heterocycles. The zero-order chi connectivity index (χ0) is 24.9. The molecule has 0 unspecified atom stereocenters. The summed E-state index contributed by atoms with van der Waals surface area (Å²) < 4.78 is 10.6. The Morgan fingerprint density at radius 2 is 1.80 bits per heavy atom. The summed E-state index contributed by atoms with van der Waals surface area (Å²) in [6, 6.07) is 10.7. The number of fused-ring (bicyclic) bond motifs is 1. The highest BCUT2D eigenvalue weighted by molar-refractivity contribution is 6.31. The third-order valence-corrected chi connectivity index (χ3v) is 6.45. The van der Waals surface area contributed by atoms with Gasteiger partial charge in [-0.2, -0.15) is 0 Å². The van der Waals surface area contributed by atoms with E-state index in [2.05, 4.69) is 23.2 Å². The predicted octanol–water partition coefficient (Wildman–Crippen LogP) is 3.57. The standard InChI is InChI=1S/C27H31N3O5/c1-4-5-12-29-13-11-20-15-19(6-8-22(20)29)16-21-25(31)28-27(33)30(26(21)32)14-10-18-7-9-23(34-2)24(17-18)35-3/h6-9,15-17H,4-5,10-14H2,1-3H3,(H,28,31,33). The van der Waals surface area contributed by atoms with E-state index in [9.17, 15) is 14.4 Å². The van der Waals surface area contributed by atoms with Gasteiger partial charge in [0.05, 0.1) is 14.2 Å². The summed E-state index contributed by atoms with van der Waals surface area (Å²) in [5.74, 6) is -0.0986. The number of ether oxygens (including phenoxy) is 2. The maximum atomic E-state index is 13.1. The van der Waals surface area contributed by atoms with Crippen LogP contribution < -0.4 is 19.7 Å². The van der Waals surface area contributed by atoms with Crippen molar-refractivity contribution in [3.8, 4) is 11.5 Å². The van der Waals surface area contributed by atoms with Gasteiger partial charge in [0, 0.05) is 25.3 Å². The van der Waals surface area contributed by atoms with Gasteiger partial charge in [-0.05, 0) is 66.3 Å². The molecule has 1 fully saturated rings. The monoisotopic (exact) mass is 477 g/mol. The minimum Gasteiger partial charge on any atom is -0.493 e. The number of methoxy groups -OCH3 is 2. The van der Waals surface area contributed by atoms with Gasteiger partial charge in [0.25, 0.3) is 11.8 Å². The lowest BCUT2D eigenvalue weighted by Gasteiger charge is -2.26. The van der Waals surface area contributed by atoms with Crippen LogP contribution in [0.4, 0.5) is 10.5 Å². The summed E-state index contributed by atoms with van der Waals surface area (Å²) in [5, 5.41) is 2.30. The SMILES string of the molecule is CCCCN1CCc2cc(C=C3C(=O)NC(=O)N(CCc4ccc(OC)c(OC)c4)C3=O)ccc21. The molecule has 0 aliphatic carbocycles. The Balaban J connectivity index is 1.50. The Labute approximate surface area is 205 Å². The number of anilines is 1. The van der Waals surface area contributed by atoms with Crippen LogP contribution in [0.3, 0.4) is 0 Å². The van der Waals surface area contributed by atoms with Crippen LogP contribution >= 0.6 is 0 Å². The van der Waals surface area contributed by atoms with E-state index in [4.69, 9.17) is 9.47 Å². The lowest BCUT2D eigenvalue weighted by molar-refractivity contribution is -0.130. The molecule has 0 bridgehead atoms. The third kappa shape index (κ3) is 5.16. The number of hydrogen-bond acceptors (Lipinski definition) is 6. The van der Waals surface area contributed by atoms with E-state index >= 15 is 0 Å². The topological polar surface area (TPSA) is 88.2 Å². The maximum Gasteiger partial charge on any atom is 0.331 e. The van der Waals surface area contributed by atoms with Gasteiger partial charge in [0.15, 0.2) is 11.5 Å². The summed E-state index contributed by atoms with van der Waals surface area (Å²) in [7, 11) is 3.11. The highest BCUT2D eigenvalue weighted by Gasteiger charge is 2.35. The Morgan fingerprint density at radius 1 is 1.00 bits per heavy atom. The van der Waals surface area contributed by atoms with Crippen LogP contribution in [0, 0.1) is 0 Å². The Hall–Kier alpha value is -3.81. The molecule has 0 atom stereocenters. The van der Waals surface area contributed by atoms with Crippen LogP contribution in [0.1, 0.15) is 36.5 Å². The number of imide groups is 2. The highest BCUT2D eigenvalue weighted by atomic mass is 16.5. The van der Waals surface area contributed by atoms with Gasteiger partial charge in [-0.3, -0.25) is 19.8 Å². The van der Waals surface area contributed by atoms with E-state index in [1.807, 2.05) is 18.2 Å². The minimum absolute atomic E-state index is 0.0438. The lowest BCUT2D eigenvalue weighted by Crippen LogP contribution is -2.54. The molecular weight excluding hydrogens is 446 g/mol. The van der Waals surface area contributed by atoms with Crippen molar-refractivity contribution in [3.63, 3.8) is 0 Å². The average Bonchev–Trinajstić information content (AvgIpc) is 3.27. The summed E-state index contributed by atoms with van der Waals surface area (Å²) in [4.78, 5) is 41.5. The van der Waals surface area contributed by atoms with Crippen molar-refractivity contribution in [2.75, 3.05) is 38.8 Å². The zero-order valence-corrected chi connectivity index (χ0v) is 20.4. The molecule has 2 aromatic rings. The molecule has 8 nitrogen and oxygen atoms in total. The lowest BCUT2D eigenvalue weighted by atomic mass is 10.0. The molecule has 2 aliphatic rings. The fraction of sp³-hybridized carbons (Fsp3) is 0.370. The number of carbonyl (C=O) groups is 3. The molecule has 0 radical (unpaired) electrons. The number of amides is 4. The number of benzene rings is 2. The number of carbonyl (C=O) groups excluding carboxylic acids is 3. The Morgan fingerprint density at radius 3 is 2.54 bits per heavy atom. The molecule has 2 aromatic carbocycles. The van der Waals surface area contributed by atoms with E-state index in [-0.39, 0.29) is 12.1 Å². The van der Waals surface area contributed by atoms with Crippen molar-refractivity contribution in [2.24, 2.45) is 0 Å². The van der Waals surface area contributed by atoms with Crippen molar-refractivity contribution in [3.05, 3.63) is 58.7 Å². The van der Waals surface area contributed by atoms with Gasteiger partial charge in [-0.15, -0.1) is 0 Å². The maximum absolute atomic E-state index is 13.1. The number of urea groups is 1. The van der Waals surface area contributed by atoms with Crippen molar-refractivity contribution in [2.45, 2.75) is 32.6 Å². The summed E-state index contributed by atoms with van der Waals surface area (Å²) in [5.41, 5.74) is 4.02. The van der Waals surface area contributed by atoms with E-state index < -0.39 is 17.8 Å². The smallest absolute Gasteiger partial charge is 0.331 e. The average molecular weight is 478 g/mol. The first-order chi connectivity index (χ1) is 16.9. The van der Waals surface area contributed by atoms with Crippen molar-refractivity contribution < 1.29 is 23.9 Å². The van der Waals surface area contributed by atoms with Crippen LogP contribution in [-0.4, -0.2) is 56.6 Å². The molecular formula is C27H31N3O5. The van der Waals surface area contributed by atoms with Crippen LogP contribution in [0.5, 0.6) is 11.5 Å². The quantitative estimate of drug-likeness (QED) is 0.439. The molecule has 4 amide bonds. The van der Waals surface area contributed by atoms with Gasteiger partial charge >= 0.3 is 6.03 Å². The molecule has 1 N–H and O–H groups in total. The molecule has 2 heterocycles. The van der Waals surface area contributed by atoms with E-state index in [1.165, 1.54) is 11.3 Å². The van der Waals surface area contributed by atoms with Crippen molar-refractivity contribution >= 4 is 29.6 Å². The predicted molar refractivity (Wildman–Crippen MR) is 134 cm³/mol. The fourth-order valence-electron chi connectivity index (χ4n) is 4.50. The number of hydrogen-bond donors (Lipinski definition) is 1. The number of unbranched alkanes of at least 4 members (excludes halogenated alkanes) is 1. The zero-order valence-electron chi connectivity index (χ0n) is 20.4. The van der Waals surface area contributed by atoms with Gasteiger partial charge in [-0.25, -0.2) is 4.79 Å². The highest BCUT2D eigenvalue weighted by Crippen LogP contribution is 2.30.